The van der Waals surface area contributed by atoms with Crippen molar-refractivity contribution >= 4 is 47.6 Å². The summed E-state index contributed by atoms with van der Waals surface area (Å²) in [6.45, 7) is 4.27. The van der Waals surface area contributed by atoms with Gasteiger partial charge in [0.25, 0.3) is 0 Å². The number of hydrogen-bond acceptors (Lipinski definition) is 3. The van der Waals surface area contributed by atoms with Gasteiger partial charge in [0.2, 0.25) is 0 Å². The number of aryl methyl sites for hydroxylation is 1. The second kappa shape index (κ2) is 12.2. The Bertz CT molecular complexity index is 575. The number of carbonyl (C=O) groups is 1. The molecule has 6 nitrogen and oxygen atoms in total. The van der Waals surface area contributed by atoms with E-state index in [1.807, 2.05) is 31.2 Å². The molecule has 26 heavy (non-hydrogen) atoms. The minimum Gasteiger partial charge on any atom is -0.450 e. The Morgan fingerprint density at radius 3 is 2.62 bits per heavy atom. The minimum absolute atomic E-state index is 0. The molecule has 1 aromatic rings. The Labute approximate surface area is 177 Å². The van der Waals surface area contributed by atoms with Crippen LogP contribution in [0.2, 0.25) is 5.02 Å². The van der Waals surface area contributed by atoms with E-state index in [-0.39, 0.29) is 36.1 Å². The summed E-state index contributed by atoms with van der Waals surface area (Å²) in [6.07, 6.45) is 3.35. The van der Waals surface area contributed by atoms with Crippen molar-refractivity contribution in [3.8, 4) is 0 Å². The van der Waals surface area contributed by atoms with E-state index in [0.717, 1.165) is 30.7 Å². The first-order chi connectivity index (χ1) is 12.1. The summed E-state index contributed by atoms with van der Waals surface area (Å²) in [7, 11) is 0. The summed E-state index contributed by atoms with van der Waals surface area (Å²) in [5.41, 5.74) is 7.21. The average Bonchev–Trinajstić information content (AvgIpc) is 2.61. The van der Waals surface area contributed by atoms with Crippen LogP contribution in [0, 0.1) is 0 Å². The predicted octanol–water partition coefficient (Wildman–Crippen LogP) is 3.42. The molecule has 0 atom stereocenters. The van der Waals surface area contributed by atoms with E-state index in [0.29, 0.717) is 32.2 Å². The van der Waals surface area contributed by atoms with Gasteiger partial charge in [-0.2, -0.15) is 0 Å². The molecule has 2 rings (SSSR count). The van der Waals surface area contributed by atoms with Crippen LogP contribution in [-0.4, -0.2) is 49.2 Å². The Morgan fingerprint density at radius 2 is 2.00 bits per heavy atom. The summed E-state index contributed by atoms with van der Waals surface area (Å²) in [4.78, 5) is 17.8. The molecule has 0 aromatic heterocycles. The Morgan fingerprint density at radius 1 is 1.35 bits per heavy atom. The van der Waals surface area contributed by atoms with Crippen molar-refractivity contribution in [2.24, 2.45) is 10.7 Å². The van der Waals surface area contributed by atoms with E-state index in [9.17, 15) is 4.79 Å². The van der Waals surface area contributed by atoms with Crippen LogP contribution in [0.3, 0.4) is 0 Å². The van der Waals surface area contributed by atoms with Crippen LogP contribution >= 0.6 is 35.6 Å². The fourth-order valence-corrected chi connectivity index (χ4v) is 2.94. The molecule has 1 aromatic carbocycles. The molecule has 8 heteroatoms. The number of carbonyl (C=O) groups excluding carboxylic acids is 1. The first-order valence-corrected chi connectivity index (χ1v) is 9.19. The average molecular weight is 495 g/mol. The van der Waals surface area contributed by atoms with Gasteiger partial charge in [-0.05, 0) is 50.3 Å². The molecule has 0 spiro atoms. The number of aliphatic imine (C=N–C) groups is 1. The standard InChI is InChI=1S/C18H27ClN4O2.HI/c1-2-25-18(24)23-12-9-16(10-13-23)22-17(20)21-11-3-4-14-5-7-15(19)8-6-14;/h5-8,16H,2-4,9-13H2,1H3,(H3,20,21,22);1H. The third-order valence-corrected chi connectivity index (χ3v) is 4.44. The Hall–Kier alpha value is -1.22. The number of likely N-dealkylation sites (tertiary alicyclic amines) is 1. The lowest BCUT2D eigenvalue weighted by atomic mass is 10.1. The third kappa shape index (κ3) is 7.99. The number of rotatable bonds is 6. The van der Waals surface area contributed by atoms with Crippen molar-refractivity contribution in [3.05, 3.63) is 34.9 Å². The molecule has 0 radical (unpaired) electrons. The van der Waals surface area contributed by atoms with Crippen LogP contribution in [0.15, 0.2) is 29.3 Å². The number of halogens is 2. The van der Waals surface area contributed by atoms with Crippen LogP contribution in [0.1, 0.15) is 31.7 Å². The van der Waals surface area contributed by atoms with Gasteiger partial charge in [-0.3, -0.25) is 4.99 Å². The molecule has 1 amide bonds. The van der Waals surface area contributed by atoms with Crippen LogP contribution in [-0.2, 0) is 11.2 Å². The van der Waals surface area contributed by atoms with Gasteiger partial charge in [-0.25, -0.2) is 4.79 Å². The van der Waals surface area contributed by atoms with Crippen molar-refractivity contribution in [2.45, 2.75) is 38.6 Å². The van der Waals surface area contributed by atoms with Gasteiger partial charge in [0, 0.05) is 30.7 Å². The smallest absolute Gasteiger partial charge is 0.409 e. The maximum atomic E-state index is 11.7. The van der Waals surface area contributed by atoms with Crippen LogP contribution < -0.4 is 11.1 Å². The van der Waals surface area contributed by atoms with Crippen molar-refractivity contribution < 1.29 is 9.53 Å². The summed E-state index contributed by atoms with van der Waals surface area (Å²) >= 11 is 5.87. The molecule has 0 bridgehead atoms. The third-order valence-electron chi connectivity index (χ3n) is 4.19. The molecule has 0 saturated carbocycles. The van der Waals surface area contributed by atoms with E-state index in [2.05, 4.69) is 10.3 Å². The van der Waals surface area contributed by atoms with E-state index in [1.54, 1.807) is 4.90 Å². The van der Waals surface area contributed by atoms with Crippen molar-refractivity contribution in [1.82, 2.24) is 10.2 Å². The van der Waals surface area contributed by atoms with Crippen molar-refractivity contribution in [3.63, 3.8) is 0 Å². The van der Waals surface area contributed by atoms with Crippen LogP contribution in [0.5, 0.6) is 0 Å². The highest BCUT2D eigenvalue weighted by atomic mass is 127. The SMILES string of the molecule is CCOC(=O)N1CCC(NC(N)=NCCCc2ccc(Cl)cc2)CC1.I. The molecule has 1 aliphatic rings. The van der Waals surface area contributed by atoms with Gasteiger partial charge in [0.1, 0.15) is 0 Å². The molecule has 1 fully saturated rings. The van der Waals surface area contributed by atoms with Gasteiger partial charge in [0.15, 0.2) is 5.96 Å². The zero-order valence-corrected chi connectivity index (χ0v) is 18.2. The molecule has 0 aliphatic carbocycles. The summed E-state index contributed by atoms with van der Waals surface area (Å²) in [5.74, 6) is 0.477. The van der Waals surface area contributed by atoms with Gasteiger partial charge < -0.3 is 20.7 Å². The molecule has 3 N–H and O–H groups in total. The number of nitrogens with two attached hydrogens (primary N) is 1. The quantitative estimate of drug-likeness (QED) is 0.275. The first kappa shape index (κ1) is 22.8. The number of hydrogen-bond donors (Lipinski definition) is 2. The van der Waals surface area contributed by atoms with Gasteiger partial charge in [-0.1, -0.05) is 23.7 Å². The Kier molecular flexibility index (Phi) is 10.7. The topological polar surface area (TPSA) is 80.0 Å². The zero-order chi connectivity index (χ0) is 18.1. The number of guanidine groups is 1. The van der Waals surface area contributed by atoms with E-state index in [1.165, 1.54) is 5.56 Å². The normalized spacial score (nSPS) is 15.3. The predicted molar refractivity (Wildman–Crippen MR) is 116 cm³/mol. The summed E-state index contributed by atoms with van der Waals surface area (Å²) in [6, 6.07) is 8.12. The number of nitrogens with zero attached hydrogens (tertiary/aromatic N) is 2. The fourth-order valence-electron chi connectivity index (χ4n) is 2.81. The monoisotopic (exact) mass is 494 g/mol. The van der Waals surface area contributed by atoms with E-state index < -0.39 is 0 Å². The van der Waals surface area contributed by atoms with Gasteiger partial charge in [-0.15, -0.1) is 24.0 Å². The lowest BCUT2D eigenvalue weighted by molar-refractivity contribution is 0.0963. The molecular weight excluding hydrogens is 467 g/mol. The maximum absolute atomic E-state index is 11.7. The molecule has 146 valence electrons. The largest absolute Gasteiger partial charge is 0.450 e. The number of benzene rings is 1. The molecule has 1 saturated heterocycles. The zero-order valence-electron chi connectivity index (χ0n) is 15.1. The number of amides is 1. The molecule has 1 heterocycles. The van der Waals surface area contributed by atoms with Gasteiger partial charge >= 0.3 is 6.09 Å². The fraction of sp³-hybridized carbons (Fsp3) is 0.556. The first-order valence-electron chi connectivity index (χ1n) is 8.81. The van der Waals surface area contributed by atoms with Crippen molar-refractivity contribution in [2.75, 3.05) is 26.2 Å². The molecule has 1 aliphatic heterocycles. The summed E-state index contributed by atoms with van der Waals surface area (Å²) < 4.78 is 5.02. The minimum atomic E-state index is -0.232. The summed E-state index contributed by atoms with van der Waals surface area (Å²) in [5, 5.41) is 4.00. The van der Waals surface area contributed by atoms with E-state index in [4.69, 9.17) is 22.1 Å². The number of ether oxygens (including phenoxy) is 1. The van der Waals surface area contributed by atoms with Gasteiger partial charge in [0.05, 0.1) is 6.61 Å². The molecular formula is C18H28ClIN4O2. The second-order valence-electron chi connectivity index (χ2n) is 6.10. The second-order valence-corrected chi connectivity index (χ2v) is 6.54. The van der Waals surface area contributed by atoms with Crippen LogP contribution in [0.25, 0.3) is 0 Å². The van der Waals surface area contributed by atoms with Crippen molar-refractivity contribution in [1.29, 1.82) is 0 Å². The molecule has 0 unspecified atom stereocenters. The number of piperidine rings is 1. The highest BCUT2D eigenvalue weighted by molar-refractivity contribution is 14.0. The lowest BCUT2D eigenvalue weighted by Crippen LogP contribution is -2.48. The Balaban J connectivity index is 0.00000338. The number of nitrogens with one attached hydrogen (secondary N) is 1. The van der Waals surface area contributed by atoms with E-state index >= 15 is 0 Å². The highest BCUT2D eigenvalue weighted by Gasteiger charge is 2.23. The lowest BCUT2D eigenvalue weighted by Gasteiger charge is -2.31. The van der Waals surface area contributed by atoms with Crippen LogP contribution in [0.4, 0.5) is 4.79 Å². The maximum Gasteiger partial charge on any atom is 0.409 e. The highest BCUT2D eigenvalue weighted by Crippen LogP contribution is 2.12.